The van der Waals surface area contributed by atoms with E-state index in [9.17, 15) is 18.0 Å². The second kappa shape index (κ2) is 8.17. The number of carbonyl (C=O) groups excluding carboxylic acids is 1. The fraction of sp³-hybridized carbons (Fsp3) is 0.235. The molecule has 0 aromatic heterocycles. The summed E-state index contributed by atoms with van der Waals surface area (Å²) in [5, 5.41) is 5.49. The molecule has 0 bridgehead atoms. The maximum atomic E-state index is 13.4. The Balaban J connectivity index is 2.01. The largest absolute Gasteiger partial charge is 0.328 e. The second-order valence-electron chi connectivity index (χ2n) is 5.39. The molecule has 0 spiro atoms. The fourth-order valence-electron chi connectivity index (χ4n) is 2.29. The van der Waals surface area contributed by atoms with Crippen LogP contribution in [0.2, 0.25) is 5.02 Å². The molecule has 0 radical (unpaired) electrons. The van der Waals surface area contributed by atoms with Crippen LogP contribution in [0.25, 0.3) is 0 Å². The minimum atomic E-state index is -1.03. The van der Waals surface area contributed by atoms with E-state index in [1.54, 1.807) is 12.1 Å². The van der Waals surface area contributed by atoms with E-state index in [1.807, 2.05) is 6.92 Å². The number of anilines is 1. The minimum absolute atomic E-state index is 0.0240. The van der Waals surface area contributed by atoms with Gasteiger partial charge in [-0.15, -0.1) is 0 Å². The van der Waals surface area contributed by atoms with Gasteiger partial charge in [0.25, 0.3) is 0 Å². The first-order chi connectivity index (χ1) is 11.4. The van der Waals surface area contributed by atoms with E-state index in [0.29, 0.717) is 18.5 Å². The molecule has 1 unspecified atom stereocenters. The molecule has 3 nitrogen and oxygen atoms in total. The van der Waals surface area contributed by atoms with E-state index in [1.165, 1.54) is 6.07 Å². The SMILES string of the molecule is CC(CNCc1cc(F)c(F)cc1NC=O)c1ccc(F)c(Cl)c1. The Bertz CT molecular complexity index is 740. The molecule has 0 fully saturated rings. The summed E-state index contributed by atoms with van der Waals surface area (Å²) in [4.78, 5) is 10.6. The topological polar surface area (TPSA) is 41.1 Å². The van der Waals surface area contributed by atoms with Gasteiger partial charge in [-0.3, -0.25) is 4.79 Å². The highest BCUT2D eigenvalue weighted by Crippen LogP contribution is 2.23. The molecule has 2 rings (SSSR count). The molecule has 0 saturated heterocycles. The molecule has 1 amide bonds. The van der Waals surface area contributed by atoms with E-state index in [-0.39, 0.29) is 23.2 Å². The molecular formula is C17H16ClF3N2O. The monoisotopic (exact) mass is 356 g/mol. The van der Waals surface area contributed by atoms with Crippen LogP contribution in [-0.4, -0.2) is 13.0 Å². The van der Waals surface area contributed by atoms with Gasteiger partial charge in [0, 0.05) is 24.8 Å². The highest BCUT2D eigenvalue weighted by Gasteiger charge is 2.11. The summed E-state index contributed by atoms with van der Waals surface area (Å²) in [6, 6.07) is 6.47. The van der Waals surface area contributed by atoms with Crippen molar-refractivity contribution in [2.75, 3.05) is 11.9 Å². The van der Waals surface area contributed by atoms with Crippen molar-refractivity contribution in [3.8, 4) is 0 Å². The third-order valence-corrected chi connectivity index (χ3v) is 3.93. The van der Waals surface area contributed by atoms with E-state index >= 15 is 0 Å². The maximum Gasteiger partial charge on any atom is 0.211 e. The molecule has 0 saturated carbocycles. The van der Waals surface area contributed by atoms with Crippen molar-refractivity contribution >= 4 is 23.7 Å². The number of amides is 1. The number of halogens is 4. The first-order valence-corrected chi connectivity index (χ1v) is 7.64. The molecule has 0 aliphatic rings. The van der Waals surface area contributed by atoms with Crippen LogP contribution in [0.5, 0.6) is 0 Å². The van der Waals surface area contributed by atoms with Crippen molar-refractivity contribution in [3.63, 3.8) is 0 Å². The average Bonchev–Trinajstić information content (AvgIpc) is 2.54. The van der Waals surface area contributed by atoms with E-state index in [4.69, 9.17) is 11.6 Å². The van der Waals surface area contributed by atoms with Crippen molar-refractivity contribution in [1.82, 2.24) is 5.32 Å². The summed E-state index contributed by atoms with van der Waals surface area (Å²) in [7, 11) is 0. The number of benzene rings is 2. The number of hydrogen-bond donors (Lipinski definition) is 2. The zero-order chi connectivity index (χ0) is 17.7. The van der Waals surface area contributed by atoms with Gasteiger partial charge in [0.1, 0.15) is 5.82 Å². The third-order valence-electron chi connectivity index (χ3n) is 3.64. The average molecular weight is 357 g/mol. The van der Waals surface area contributed by atoms with Gasteiger partial charge in [0.05, 0.1) is 5.02 Å². The predicted octanol–water partition coefficient (Wildman–Crippen LogP) is 4.22. The van der Waals surface area contributed by atoms with Crippen LogP contribution >= 0.6 is 11.6 Å². The summed E-state index contributed by atoms with van der Waals surface area (Å²) in [5.74, 6) is -2.47. The molecule has 2 N–H and O–H groups in total. The summed E-state index contributed by atoms with van der Waals surface area (Å²) >= 11 is 5.76. The number of nitrogens with one attached hydrogen (secondary N) is 2. The first-order valence-electron chi connectivity index (χ1n) is 7.26. The number of rotatable bonds is 7. The first kappa shape index (κ1) is 18.3. The number of hydrogen-bond acceptors (Lipinski definition) is 2. The summed E-state index contributed by atoms with van der Waals surface area (Å²) in [6.45, 7) is 2.65. The lowest BCUT2D eigenvalue weighted by molar-refractivity contribution is -0.105. The van der Waals surface area contributed by atoms with Crippen LogP contribution in [0.15, 0.2) is 30.3 Å². The molecule has 0 aliphatic heterocycles. The van der Waals surface area contributed by atoms with Crippen molar-refractivity contribution in [1.29, 1.82) is 0 Å². The normalized spacial score (nSPS) is 12.0. The maximum absolute atomic E-state index is 13.4. The molecule has 0 heterocycles. The Kier molecular flexibility index (Phi) is 6.23. The minimum Gasteiger partial charge on any atom is -0.328 e. The Labute approximate surface area is 142 Å². The van der Waals surface area contributed by atoms with Crippen molar-refractivity contribution < 1.29 is 18.0 Å². The van der Waals surface area contributed by atoms with Crippen molar-refractivity contribution in [2.24, 2.45) is 0 Å². The predicted molar refractivity (Wildman–Crippen MR) is 87.6 cm³/mol. The van der Waals surface area contributed by atoms with Gasteiger partial charge in [-0.25, -0.2) is 13.2 Å². The van der Waals surface area contributed by atoms with Crippen LogP contribution in [0, 0.1) is 17.5 Å². The lowest BCUT2D eigenvalue weighted by Crippen LogP contribution is -2.20. The third kappa shape index (κ3) is 4.49. The molecule has 1 atom stereocenters. The Morgan fingerprint density at radius 2 is 1.83 bits per heavy atom. The Hall–Kier alpha value is -2.05. The van der Waals surface area contributed by atoms with Crippen LogP contribution < -0.4 is 10.6 Å². The van der Waals surface area contributed by atoms with Gasteiger partial charge in [0.15, 0.2) is 11.6 Å². The Morgan fingerprint density at radius 1 is 1.12 bits per heavy atom. The van der Waals surface area contributed by atoms with E-state index in [2.05, 4.69) is 10.6 Å². The zero-order valence-corrected chi connectivity index (χ0v) is 13.6. The van der Waals surface area contributed by atoms with Crippen LogP contribution in [-0.2, 0) is 11.3 Å². The second-order valence-corrected chi connectivity index (χ2v) is 5.80. The number of carbonyl (C=O) groups is 1. The van der Waals surface area contributed by atoms with Gasteiger partial charge >= 0.3 is 0 Å². The fourth-order valence-corrected chi connectivity index (χ4v) is 2.48. The molecular weight excluding hydrogens is 341 g/mol. The molecule has 128 valence electrons. The van der Waals surface area contributed by atoms with E-state index < -0.39 is 17.5 Å². The van der Waals surface area contributed by atoms with Crippen LogP contribution in [0.1, 0.15) is 24.0 Å². The lowest BCUT2D eigenvalue weighted by atomic mass is 10.0. The highest BCUT2D eigenvalue weighted by atomic mass is 35.5. The van der Waals surface area contributed by atoms with Gasteiger partial charge in [-0.2, -0.15) is 0 Å². The van der Waals surface area contributed by atoms with Gasteiger partial charge in [-0.1, -0.05) is 24.6 Å². The van der Waals surface area contributed by atoms with Crippen molar-refractivity contribution in [3.05, 3.63) is 63.9 Å². The van der Waals surface area contributed by atoms with E-state index in [0.717, 1.165) is 17.7 Å². The van der Waals surface area contributed by atoms with Gasteiger partial charge < -0.3 is 10.6 Å². The standard InChI is InChI=1S/C17H16ClF3N2O/c1-10(11-2-3-14(19)13(18)4-11)7-22-8-12-5-15(20)16(21)6-17(12)23-9-24/h2-6,9-10,22H,7-8H2,1H3,(H,23,24). The molecule has 2 aromatic carbocycles. The summed E-state index contributed by atoms with van der Waals surface area (Å²) in [5.41, 5.74) is 1.48. The van der Waals surface area contributed by atoms with Crippen molar-refractivity contribution in [2.45, 2.75) is 19.4 Å². The highest BCUT2D eigenvalue weighted by molar-refractivity contribution is 6.30. The lowest BCUT2D eigenvalue weighted by Gasteiger charge is -2.15. The van der Waals surface area contributed by atoms with Crippen LogP contribution in [0.3, 0.4) is 0 Å². The molecule has 2 aromatic rings. The molecule has 7 heteroatoms. The van der Waals surface area contributed by atoms with Gasteiger partial charge in [-0.05, 0) is 35.2 Å². The zero-order valence-electron chi connectivity index (χ0n) is 12.9. The van der Waals surface area contributed by atoms with Crippen LogP contribution in [0.4, 0.5) is 18.9 Å². The summed E-state index contributed by atoms with van der Waals surface area (Å²) in [6.07, 6.45) is 0.402. The molecule has 24 heavy (non-hydrogen) atoms. The smallest absolute Gasteiger partial charge is 0.211 e. The van der Waals surface area contributed by atoms with Gasteiger partial charge in [0.2, 0.25) is 6.41 Å². The molecule has 0 aliphatic carbocycles. The quantitative estimate of drug-likeness (QED) is 0.729. The Morgan fingerprint density at radius 3 is 2.50 bits per heavy atom. The summed E-state index contributed by atoms with van der Waals surface area (Å²) < 4.78 is 39.8.